The van der Waals surface area contributed by atoms with Crippen LogP contribution in [0.1, 0.15) is 32.0 Å². The van der Waals surface area contributed by atoms with E-state index in [2.05, 4.69) is 10.3 Å². The molecular formula is C12H18N2O. The molecule has 0 fully saturated rings. The van der Waals surface area contributed by atoms with Gasteiger partial charge in [0.25, 0.3) is 0 Å². The molecule has 0 atom stereocenters. The number of amides is 1. The van der Waals surface area contributed by atoms with Gasteiger partial charge in [-0.1, -0.05) is 20.8 Å². The van der Waals surface area contributed by atoms with Gasteiger partial charge in [0.15, 0.2) is 0 Å². The second kappa shape index (κ2) is 4.01. The van der Waals surface area contributed by atoms with Gasteiger partial charge in [-0.25, -0.2) is 0 Å². The van der Waals surface area contributed by atoms with E-state index >= 15 is 0 Å². The summed E-state index contributed by atoms with van der Waals surface area (Å²) in [6.45, 7) is 9.56. The molecule has 1 aromatic rings. The SMILES string of the molecule is Cc1cc(C)c(NC(=O)C(C)(C)C)cn1. The number of carbonyl (C=O) groups is 1. The number of rotatable bonds is 1. The highest BCUT2D eigenvalue weighted by atomic mass is 16.2. The monoisotopic (exact) mass is 206 g/mol. The fraction of sp³-hybridized carbons (Fsp3) is 0.500. The number of carbonyl (C=O) groups excluding carboxylic acids is 1. The fourth-order valence-corrected chi connectivity index (χ4v) is 1.14. The van der Waals surface area contributed by atoms with Gasteiger partial charge in [-0.05, 0) is 25.5 Å². The van der Waals surface area contributed by atoms with Crippen LogP contribution in [-0.2, 0) is 4.79 Å². The number of aryl methyl sites for hydroxylation is 2. The van der Waals surface area contributed by atoms with E-state index in [1.165, 1.54) is 0 Å². The molecule has 1 aromatic heterocycles. The van der Waals surface area contributed by atoms with Crippen LogP contribution < -0.4 is 5.32 Å². The quantitative estimate of drug-likeness (QED) is 0.767. The lowest BCUT2D eigenvalue weighted by molar-refractivity contribution is -0.123. The molecule has 0 bridgehead atoms. The average molecular weight is 206 g/mol. The number of aromatic nitrogens is 1. The molecule has 0 aromatic carbocycles. The van der Waals surface area contributed by atoms with Crippen LogP contribution in [0.25, 0.3) is 0 Å². The van der Waals surface area contributed by atoms with Gasteiger partial charge in [0.2, 0.25) is 5.91 Å². The molecule has 1 heterocycles. The zero-order chi connectivity index (χ0) is 11.6. The first-order chi connectivity index (χ1) is 6.80. The van der Waals surface area contributed by atoms with E-state index < -0.39 is 0 Å². The predicted octanol–water partition coefficient (Wildman–Crippen LogP) is 2.68. The molecule has 0 aliphatic carbocycles. The van der Waals surface area contributed by atoms with E-state index in [0.29, 0.717) is 0 Å². The van der Waals surface area contributed by atoms with Gasteiger partial charge in [-0.2, -0.15) is 0 Å². The summed E-state index contributed by atoms with van der Waals surface area (Å²) in [5.74, 6) is 0.0104. The second-order valence-electron chi connectivity index (χ2n) is 4.84. The molecule has 3 nitrogen and oxygen atoms in total. The van der Waals surface area contributed by atoms with E-state index in [-0.39, 0.29) is 11.3 Å². The van der Waals surface area contributed by atoms with Crippen LogP contribution in [0.15, 0.2) is 12.3 Å². The number of nitrogens with one attached hydrogen (secondary N) is 1. The number of pyridine rings is 1. The third kappa shape index (κ3) is 3.05. The van der Waals surface area contributed by atoms with Crippen molar-refractivity contribution in [2.45, 2.75) is 34.6 Å². The van der Waals surface area contributed by atoms with Gasteiger partial charge < -0.3 is 5.32 Å². The topological polar surface area (TPSA) is 42.0 Å². The summed E-state index contributed by atoms with van der Waals surface area (Å²) in [5.41, 5.74) is 2.42. The fourth-order valence-electron chi connectivity index (χ4n) is 1.14. The average Bonchev–Trinajstić information content (AvgIpc) is 2.08. The summed E-state index contributed by atoms with van der Waals surface area (Å²) in [5, 5.41) is 2.88. The first-order valence-corrected chi connectivity index (χ1v) is 5.05. The van der Waals surface area contributed by atoms with E-state index in [1.807, 2.05) is 40.7 Å². The van der Waals surface area contributed by atoms with Gasteiger partial charge >= 0.3 is 0 Å². The Labute approximate surface area is 90.9 Å². The Morgan fingerprint density at radius 2 is 1.93 bits per heavy atom. The summed E-state index contributed by atoms with van der Waals surface area (Å²) in [4.78, 5) is 15.9. The normalized spacial score (nSPS) is 11.3. The third-order valence-electron chi connectivity index (χ3n) is 2.18. The van der Waals surface area contributed by atoms with E-state index in [0.717, 1.165) is 16.9 Å². The summed E-state index contributed by atoms with van der Waals surface area (Å²) in [6.07, 6.45) is 1.70. The van der Waals surface area contributed by atoms with Gasteiger partial charge in [-0.3, -0.25) is 9.78 Å². The first-order valence-electron chi connectivity index (χ1n) is 5.05. The molecule has 0 aliphatic rings. The van der Waals surface area contributed by atoms with Crippen LogP contribution in [0.2, 0.25) is 0 Å². The van der Waals surface area contributed by atoms with Crippen LogP contribution >= 0.6 is 0 Å². The van der Waals surface area contributed by atoms with Crippen LogP contribution in [0.5, 0.6) is 0 Å². The molecule has 82 valence electrons. The summed E-state index contributed by atoms with van der Waals surface area (Å²) >= 11 is 0. The minimum Gasteiger partial charge on any atom is -0.324 e. The van der Waals surface area contributed by atoms with Gasteiger partial charge in [0.05, 0.1) is 11.9 Å². The zero-order valence-electron chi connectivity index (χ0n) is 10.0. The molecule has 0 saturated heterocycles. The smallest absolute Gasteiger partial charge is 0.229 e. The number of hydrogen-bond acceptors (Lipinski definition) is 2. The summed E-state index contributed by atoms with van der Waals surface area (Å²) in [7, 11) is 0. The summed E-state index contributed by atoms with van der Waals surface area (Å²) in [6, 6.07) is 1.96. The lowest BCUT2D eigenvalue weighted by atomic mass is 9.95. The Bertz CT molecular complexity index is 378. The van der Waals surface area contributed by atoms with Crippen molar-refractivity contribution in [3.05, 3.63) is 23.5 Å². The minimum atomic E-state index is -0.378. The standard InChI is InChI=1S/C12H18N2O/c1-8-6-9(2)13-7-10(8)14-11(15)12(3,4)5/h6-7H,1-5H3,(H,14,15). The minimum absolute atomic E-state index is 0.0104. The third-order valence-corrected chi connectivity index (χ3v) is 2.18. The van der Waals surface area contributed by atoms with Crippen LogP contribution in [0, 0.1) is 19.3 Å². The lowest BCUT2D eigenvalue weighted by Crippen LogP contribution is -2.28. The number of anilines is 1. The molecule has 1 amide bonds. The number of hydrogen-bond donors (Lipinski definition) is 1. The van der Waals surface area contributed by atoms with Crippen molar-refractivity contribution in [1.29, 1.82) is 0 Å². The molecule has 15 heavy (non-hydrogen) atoms. The van der Waals surface area contributed by atoms with E-state index in [9.17, 15) is 4.79 Å². The number of nitrogens with zero attached hydrogens (tertiary/aromatic N) is 1. The maximum atomic E-state index is 11.7. The molecule has 0 radical (unpaired) electrons. The molecule has 0 aliphatic heterocycles. The highest BCUT2D eigenvalue weighted by Crippen LogP contribution is 2.19. The van der Waals surface area contributed by atoms with E-state index in [1.54, 1.807) is 6.20 Å². The van der Waals surface area contributed by atoms with Crippen molar-refractivity contribution in [3.63, 3.8) is 0 Å². The Morgan fingerprint density at radius 3 is 2.40 bits per heavy atom. The van der Waals surface area contributed by atoms with E-state index in [4.69, 9.17) is 0 Å². The van der Waals surface area contributed by atoms with Crippen LogP contribution in [0.4, 0.5) is 5.69 Å². The Morgan fingerprint density at radius 1 is 1.33 bits per heavy atom. The molecule has 0 saturated carbocycles. The van der Waals surface area contributed by atoms with Crippen LogP contribution in [-0.4, -0.2) is 10.9 Å². The van der Waals surface area contributed by atoms with Crippen LogP contribution in [0.3, 0.4) is 0 Å². The maximum Gasteiger partial charge on any atom is 0.229 e. The van der Waals surface area contributed by atoms with Gasteiger partial charge in [0, 0.05) is 11.1 Å². The van der Waals surface area contributed by atoms with Crippen molar-refractivity contribution in [3.8, 4) is 0 Å². The largest absolute Gasteiger partial charge is 0.324 e. The van der Waals surface area contributed by atoms with Crippen molar-refractivity contribution < 1.29 is 4.79 Å². The molecule has 3 heteroatoms. The van der Waals surface area contributed by atoms with Gasteiger partial charge in [0.1, 0.15) is 0 Å². The van der Waals surface area contributed by atoms with Crippen molar-refractivity contribution in [1.82, 2.24) is 4.98 Å². The molecule has 0 unspecified atom stereocenters. The zero-order valence-corrected chi connectivity index (χ0v) is 10.0. The second-order valence-corrected chi connectivity index (χ2v) is 4.84. The highest BCUT2D eigenvalue weighted by molar-refractivity contribution is 5.94. The van der Waals surface area contributed by atoms with Crippen molar-refractivity contribution in [2.75, 3.05) is 5.32 Å². The lowest BCUT2D eigenvalue weighted by Gasteiger charge is -2.18. The Balaban J connectivity index is 2.87. The summed E-state index contributed by atoms with van der Waals surface area (Å²) < 4.78 is 0. The van der Waals surface area contributed by atoms with Gasteiger partial charge in [-0.15, -0.1) is 0 Å². The molecule has 1 rings (SSSR count). The Hall–Kier alpha value is -1.38. The molecule has 0 spiro atoms. The molecular weight excluding hydrogens is 188 g/mol. The first kappa shape index (κ1) is 11.7. The molecule has 1 N–H and O–H groups in total. The van der Waals surface area contributed by atoms with Crippen molar-refractivity contribution in [2.24, 2.45) is 5.41 Å². The highest BCUT2D eigenvalue weighted by Gasteiger charge is 2.21. The Kier molecular flexibility index (Phi) is 3.12. The maximum absolute atomic E-state index is 11.7. The predicted molar refractivity (Wildman–Crippen MR) is 61.8 cm³/mol. The van der Waals surface area contributed by atoms with Crippen molar-refractivity contribution >= 4 is 11.6 Å².